The third-order valence-corrected chi connectivity index (χ3v) is 12.1. The molecule has 0 saturated carbocycles. The lowest BCUT2D eigenvalue weighted by atomic mass is 9.72. The highest BCUT2D eigenvalue weighted by Gasteiger charge is 2.37. The highest BCUT2D eigenvalue weighted by Crippen LogP contribution is 2.53. The van der Waals surface area contributed by atoms with Crippen molar-refractivity contribution >= 4 is 66.4 Å². The van der Waals surface area contributed by atoms with Gasteiger partial charge < -0.3 is 9.80 Å². The van der Waals surface area contributed by atoms with Gasteiger partial charge in [-0.15, -0.1) is 0 Å². The van der Waals surface area contributed by atoms with Crippen LogP contribution in [-0.2, 0) is 5.41 Å². The summed E-state index contributed by atoms with van der Waals surface area (Å²) in [6.45, 7) is 4.42. The van der Waals surface area contributed by atoms with E-state index in [-0.39, 0.29) is 29.9 Å². The minimum atomic E-state index is -0.526. The summed E-state index contributed by atoms with van der Waals surface area (Å²) >= 11 is 0. The first-order valence-electron chi connectivity index (χ1n) is 22.6. The Labute approximate surface area is 352 Å². The molecule has 0 unspecified atom stereocenters. The number of hydrogen-bond acceptors (Lipinski definition) is 2. The van der Waals surface area contributed by atoms with Gasteiger partial charge in [-0.25, -0.2) is 0 Å². The Hall–Kier alpha value is -7.42. The van der Waals surface area contributed by atoms with Gasteiger partial charge in [-0.2, -0.15) is 0 Å². The van der Waals surface area contributed by atoms with Crippen LogP contribution >= 0.6 is 0 Å². The molecule has 59 heavy (non-hydrogen) atoms. The molecule has 0 atom stereocenters. The molecule has 0 aromatic heterocycles. The van der Waals surface area contributed by atoms with E-state index in [1.54, 1.807) is 0 Å². The fourth-order valence-electron chi connectivity index (χ4n) is 9.10. The molecule has 0 amide bonds. The molecule has 0 saturated heterocycles. The van der Waals surface area contributed by atoms with E-state index in [1.165, 1.54) is 26.9 Å². The van der Waals surface area contributed by atoms with Gasteiger partial charge in [0.2, 0.25) is 0 Å². The topological polar surface area (TPSA) is 6.48 Å². The highest BCUT2D eigenvalue weighted by molar-refractivity contribution is 6.09. The molecule has 0 bridgehead atoms. The van der Waals surface area contributed by atoms with Crippen molar-refractivity contribution in [1.29, 1.82) is 0 Å². The third kappa shape index (κ3) is 5.87. The van der Waals surface area contributed by atoms with Gasteiger partial charge in [0.15, 0.2) is 0 Å². The molecule has 1 aliphatic rings. The number of hydrogen-bond donors (Lipinski definition) is 0. The predicted octanol–water partition coefficient (Wildman–Crippen LogP) is 16.1. The van der Waals surface area contributed by atoms with E-state index in [9.17, 15) is 0 Å². The average Bonchev–Trinajstić information content (AvgIpc) is 3.34. The zero-order chi connectivity index (χ0) is 43.9. The third-order valence-electron chi connectivity index (χ3n) is 12.1. The molecular weight excluding hydrogens is 713 g/mol. The molecule has 2 nitrogen and oxygen atoms in total. The fraction of sp³-hybridized carbons (Fsp3) is 0.0526. The Balaban J connectivity index is 1.05. The fourth-order valence-corrected chi connectivity index (χ4v) is 9.10. The quantitative estimate of drug-likeness (QED) is 0.156. The minimum absolute atomic E-state index is 0.129. The SMILES string of the molecule is [2H]c1c([2H])c([2H])c(N2c3ccc(-c4ccccc4)cc3C(C)(C)c3cc(-c4ccc(N(c5ccc6c(ccc7ccccc76)c5)c5cccc6ccccc56)cc4)ccc32)c([2H])c1[2H]. The summed E-state index contributed by atoms with van der Waals surface area (Å²) in [5.41, 5.74) is 10.5. The summed E-state index contributed by atoms with van der Waals surface area (Å²) in [4.78, 5) is 4.21. The summed E-state index contributed by atoms with van der Waals surface area (Å²) in [6.07, 6.45) is 0. The Kier molecular flexibility index (Phi) is 7.01. The van der Waals surface area contributed by atoms with Crippen LogP contribution in [0, 0.1) is 0 Å². The number of fused-ring (bicyclic) bond motifs is 6. The van der Waals surface area contributed by atoms with Crippen LogP contribution in [0.2, 0.25) is 0 Å². The van der Waals surface area contributed by atoms with Crippen molar-refractivity contribution in [2.75, 3.05) is 9.80 Å². The van der Waals surface area contributed by atoms with E-state index in [0.29, 0.717) is 0 Å². The van der Waals surface area contributed by atoms with E-state index in [0.717, 1.165) is 67.2 Å². The van der Waals surface area contributed by atoms with Crippen molar-refractivity contribution in [3.63, 3.8) is 0 Å². The first-order valence-corrected chi connectivity index (χ1v) is 20.1. The van der Waals surface area contributed by atoms with Crippen LogP contribution in [-0.4, -0.2) is 0 Å². The summed E-state index contributed by atoms with van der Waals surface area (Å²) < 4.78 is 43.8. The van der Waals surface area contributed by atoms with Gasteiger partial charge in [0.05, 0.1) is 23.9 Å². The minimum Gasteiger partial charge on any atom is -0.310 e. The van der Waals surface area contributed by atoms with Crippen LogP contribution in [0.4, 0.5) is 34.1 Å². The van der Waals surface area contributed by atoms with Crippen molar-refractivity contribution in [2.24, 2.45) is 0 Å². The maximum Gasteiger partial charge on any atom is 0.0645 e. The van der Waals surface area contributed by atoms with Gasteiger partial charge in [0.25, 0.3) is 0 Å². The Morgan fingerprint density at radius 3 is 1.68 bits per heavy atom. The van der Waals surface area contributed by atoms with Crippen molar-refractivity contribution in [3.8, 4) is 22.3 Å². The molecule has 1 heterocycles. The van der Waals surface area contributed by atoms with Crippen LogP contribution in [0.5, 0.6) is 0 Å². The average molecular weight is 760 g/mol. The van der Waals surface area contributed by atoms with Crippen molar-refractivity contribution in [3.05, 3.63) is 229 Å². The van der Waals surface area contributed by atoms with Crippen LogP contribution in [0.1, 0.15) is 31.8 Å². The van der Waals surface area contributed by atoms with Gasteiger partial charge in [-0.1, -0.05) is 165 Å². The lowest BCUT2D eigenvalue weighted by molar-refractivity contribution is 0.632. The van der Waals surface area contributed by atoms with Gasteiger partial charge in [0, 0.05) is 27.9 Å². The molecule has 0 fully saturated rings. The number of rotatable bonds is 6. The first kappa shape index (κ1) is 29.8. The molecule has 11 rings (SSSR count). The molecule has 10 aromatic rings. The molecule has 2 heteroatoms. The highest BCUT2D eigenvalue weighted by atomic mass is 15.2. The van der Waals surface area contributed by atoms with Crippen molar-refractivity contribution in [2.45, 2.75) is 19.3 Å². The summed E-state index contributed by atoms with van der Waals surface area (Å²) in [7, 11) is 0. The molecule has 0 N–H and O–H groups in total. The zero-order valence-corrected chi connectivity index (χ0v) is 32.8. The summed E-state index contributed by atoms with van der Waals surface area (Å²) in [5.74, 6) is 0. The maximum absolute atomic E-state index is 9.08. The summed E-state index contributed by atoms with van der Waals surface area (Å²) in [6, 6.07) is 64.6. The number of anilines is 6. The Morgan fingerprint density at radius 2 is 0.966 bits per heavy atom. The molecular formula is C57H42N2. The Bertz CT molecular complexity index is 3460. The van der Waals surface area contributed by atoms with E-state index in [1.807, 2.05) is 35.2 Å². The van der Waals surface area contributed by atoms with E-state index >= 15 is 0 Å². The number of nitrogens with zero attached hydrogens (tertiary/aromatic N) is 2. The van der Waals surface area contributed by atoms with E-state index in [4.69, 9.17) is 6.85 Å². The van der Waals surface area contributed by atoms with Gasteiger partial charge in [0.1, 0.15) is 0 Å². The molecule has 280 valence electrons. The smallest absolute Gasteiger partial charge is 0.0645 e. The molecule has 10 aromatic carbocycles. The van der Waals surface area contributed by atoms with Crippen LogP contribution < -0.4 is 9.80 Å². The lowest BCUT2D eigenvalue weighted by Gasteiger charge is -2.42. The number of para-hydroxylation sites is 1. The largest absolute Gasteiger partial charge is 0.310 e. The second-order valence-corrected chi connectivity index (χ2v) is 15.8. The lowest BCUT2D eigenvalue weighted by Crippen LogP contribution is -2.30. The normalized spacial score (nSPS) is 14.2. The van der Waals surface area contributed by atoms with Crippen molar-refractivity contribution < 1.29 is 6.85 Å². The molecule has 0 aliphatic carbocycles. The van der Waals surface area contributed by atoms with Crippen LogP contribution in [0.15, 0.2) is 218 Å². The van der Waals surface area contributed by atoms with Crippen LogP contribution in [0.25, 0.3) is 54.6 Å². The van der Waals surface area contributed by atoms with Gasteiger partial charge in [-0.05, 0) is 127 Å². The summed E-state index contributed by atoms with van der Waals surface area (Å²) in [5, 5.41) is 7.17. The first-order chi connectivity index (χ1) is 31.1. The number of benzene rings is 10. The zero-order valence-electron chi connectivity index (χ0n) is 37.8. The molecule has 1 aliphatic heterocycles. The maximum atomic E-state index is 9.08. The second-order valence-electron chi connectivity index (χ2n) is 15.8. The van der Waals surface area contributed by atoms with E-state index in [2.05, 4.69) is 176 Å². The Morgan fingerprint density at radius 1 is 0.424 bits per heavy atom. The predicted molar refractivity (Wildman–Crippen MR) is 251 cm³/mol. The molecule has 0 spiro atoms. The van der Waals surface area contributed by atoms with Crippen LogP contribution in [0.3, 0.4) is 0 Å². The van der Waals surface area contributed by atoms with Gasteiger partial charge >= 0.3 is 0 Å². The second kappa shape index (κ2) is 13.9. The van der Waals surface area contributed by atoms with Gasteiger partial charge in [-0.3, -0.25) is 0 Å². The monoisotopic (exact) mass is 759 g/mol. The molecule has 0 radical (unpaired) electrons. The standard InChI is InChI=1S/C57H42N2/c1-57(2)52-37-43(39-14-5-3-6-15-39)28-34-55(52)59(46-19-7-4-8-20-46)56-35-29-44(38-53(56)57)40-26-30-47(31-27-40)58(54-23-13-18-41-16-10-12-22-51(41)54)48-32-33-50-45(36-48)25-24-42-17-9-11-21-49(42)50/h3-38H,1-2H3/i4D,7D,8D,19D,20D. The van der Waals surface area contributed by atoms with E-state index < -0.39 is 11.5 Å². The van der Waals surface area contributed by atoms with Crippen molar-refractivity contribution in [1.82, 2.24) is 0 Å².